The predicted molar refractivity (Wildman–Crippen MR) is 101 cm³/mol. The number of hydrogen-bond donors (Lipinski definition) is 1. The van der Waals surface area contributed by atoms with Crippen LogP contribution < -0.4 is 9.46 Å². The Labute approximate surface area is 158 Å². The smallest absolute Gasteiger partial charge is 0.254 e. The van der Waals surface area contributed by atoms with E-state index in [-0.39, 0.29) is 17.3 Å². The van der Waals surface area contributed by atoms with Gasteiger partial charge >= 0.3 is 0 Å². The maximum absolute atomic E-state index is 12.9. The van der Waals surface area contributed by atoms with E-state index in [4.69, 9.17) is 16.3 Å². The van der Waals surface area contributed by atoms with Gasteiger partial charge in [-0.25, -0.2) is 13.1 Å². The molecule has 1 N–H and O–H groups in total. The van der Waals surface area contributed by atoms with Crippen molar-refractivity contribution in [1.82, 2.24) is 9.62 Å². The Kier molecular flexibility index (Phi) is 6.28. The molecule has 0 aliphatic rings. The van der Waals surface area contributed by atoms with Crippen molar-refractivity contribution in [2.75, 3.05) is 21.2 Å². The topological polar surface area (TPSA) is 75.7 Å². The zero-order chi connectivity index (χ0) is 19.5. The molecule has 140 valence electrons. The van der Waals surface area contributed by atoms with E-state index in [0.717, 1.165) is 5.56 Å². The molecule has 1 amide bonds. The number of carbonyl (C=O) groups is 1. The minimum Gasteiger partial charge on any atom is -0.496 e. The van der Waals surface area contributed by atoms with E-state index in [9.17, 15) is 13.2 Å². The molecule has 0 unspecified atom stereocenters. The number of ether oxygens (including phenoxy) is 1. The largest absolute Gasteiger partial charge is 0.496 e. The van der Waals surface area contributed by atoms with Crippen LogP contribution in [0, 0.1) is 6.92 Å². The summed E-state index contributed by atoms with van der Waals surface area (Å²) in [6.07, 6.45) is 0. The summed E-state index contributed by atoms with van der Waals surface area (Å²) in [6, 6.07) is 9.65. The number of aryl methyl sites for hydroxylation is 1. The molecule has 0 heterocycles. The lowest BCUT2D eigenvalue weighted by atomic mass is 10.1. The molecule has 0 aromatic heterocycles. The number of methoxy groups -OCH3 is 1. The highest BCUT2D eigenvalue weighted by atomic mass is 35.5. The van der Waals surface area contributed by atoms with Gasteiger partial charge in [-0.15, -0.1) is 0 Å². The maximum Gasteiger partial charge on any atom is 0.254 e. The van der Waals surface area contributed by atoms with Crippen molar-refractivity contribution in [2.45, 2.75) is 18.4 Å². The van der Waals surface area contributed by atoms with Crippen molar-refractivity contribution in [3.05, 3.63) is 58.1 Å². The van der Waals surface area contributed by atoms with Gasteiger partial charge in [0.25, 0.3) is 5.91 Å². The van der Waals surface area contributed by atoms with Crippen molar-refractivity contribution in [3.8, 4) is 5.75 Å². The first-order valence-corrected chi connectivity index (χ1v) is 9.67. The molecule has 0 aliphatic carbocycles. The molecule has 6 nitrogen and oxygen atoms in total. The number of sulfonamides is 1. The summed E-state index contributed by atoms with van der Waals surface area (Å²) in [4.78, 5) is 14.4. The second kappa shape index (κ2) is 8.07. The molecule has 0 saturated heterocycles. The number of carbonyl (C=O) groups excluding carboxylic acids is 1. The fraction of sp³-hybridized carbons (Fsp3) is 0.278. The molecule has 2 aromatic carbocycles. The van der Waals surface area contributed by atoms with E-state index in [0.29, 0.717) is 21.9 Å². The van der Waals surface area contributed by atoms with Crippen LogP contribution in [-0.4, -0.2) is 40.4 Å². The molecule has 2 aromatic rings. The zero-order valence-corrected chi connectivity index (χ0v) is 16.6. The van der Waals surface area contributed by atoms with E-state index in [1.165, 1.54) is 24.1 Å². The number of nitrogens with zero attached hydrogens (tertiary/aromatic N) is 1. The molecular formula is C18H21ClN2O4S. The first kappa shape index (κ1) is 20.2. The van der Waals surface area contributed by atoms with Gasteiger partial charge in [-0.1, -0.05) is 17.7 Å². The molecular weight excluding hydrogens is 376 g/mol. The average Bonchev–Trinajstić information content (AvgIpc) is 2.61. The Morgan fingerprint density at radius 1 is 1.23 bits per heavy atom. The first-order chi connectivity index (χ1) is 12.2. The van der Waals surface area contributed by atoms with Gasteiger partial charge in [-0.3, -0.25) is 4.79 Å². The molecule has 0 atom stereocenters. The van der Waals surface area contributed by atoms with Gasteiger partial charge in [-0.05, 0) is 49.9 Å². The summed E-state index contributed by atoms with van der Waals surface area (Å²) in [5.41, 5.74) is 1.77. The molecule has 0 radical (unpaired) electrons. The summed E-state index contributed by atoms with van der Waals surface area (Å²) >= 11 is 6.03. The highest BCUT2D eigenvalue weighted by Gasteiger charge is 2.20. The molecule has 0 spiro atoms. The van der Waals surface area contributed by atoms with Crippen LogP contribution in [0.15, 0.2) is 41.3 Å². The van der Waals surface area contributed by atoms with Crippen LogP contribution in [0.3, 0.4) is 0 Å². The minimum absolute atomic E-state index is 0.0442. The lowest BCUT2D eigenvalue weighted by molar-refractivity contribution is 0.0783. The normalized spacial score (nSPS) is 11.3. The SMILES string of the molecule is CNS(=O)(=O)c1ccc(C)c(C(=O)N(C)Cc2cc(Cl)ccc2OC)c1. The van der Waals surface area contributed by atoms with Gasteiger partial charge in [-0.2, -0.15) is 0 Å². The van der Waals surface area contributed by atoms with Crippen LogP contribution in [0.25, 0.3) is 0 Å². The maximum atomic E-state index is 12.9. The lowest BCUT2D eigenvalue weighted by Gasteiger charge is -2.20. The van der Waals surface area contributed by atoms with Crippen LogP contribution in [0.4, 0.5) is 0 Å². The molecule has 0 fully saturated rings. The van der Waals surface area contributed by atoms with E-state index >= 15 is 0 Å². The van der Waals surface area contributed by atoms with Gasteiger partial charge in [0.1, 0.15) is 5.75 Å². The lowest BCUT2D eigenvalue weighted by Crippen LogP contribution is -2.27. The molecule has 8 heteroatoms. The van der Waals surface area contributed by atoms with Gasteiger partial charge in [0.05, 0.1) is 12.0 Å². The Hall–Kier alpha value is -2.09. The van der Waals surface area contributed by atoms with E-state index in [2.05, 4.69) is 4.72 Å². The number of amides is 1. The summed E-state index contributed by atoms with van der Waals surface area (Å²) < 4.78 is 31.6. The summed E-state index contributed by atoms with van der Waals surface area (Å²) in [5, 5.41) is 0.542. The first-order valence-electron chi connectivity index (χ1n) is 7.81. The van der Waals surface area contributed by atoms with Crippen molar-refractivity contribution in [3.63, 3.8) is 0 Å². The molecule has 0 aliphatic heterocycles. The fourth-order valence-corrected chi connectivity index (χ4v) is 3.47. The summed E-state index contributed by atoms with van der Waals surface area (Å²) in [7, 11) is 0.884. The van der Waals surface area contributed by atoms with Crippen LogP contribution in [0.1, 0.15) is 21.5 Å². The van der Waals surface area contributed by atoms with Crippen LogP contribution in [0.5, 0.6) is 5.75 Å². The minimum atomic E-state index is -3.63. The number of nitrogens with one attached hydrogen (secondary N) is 1. The molecule has 0 bridgehead atoms. The standard InChI is InChI=1S/C18H21ClN2O4S/c1-12-5-7-15(26(23,24)20-2)10-16(12)18(22)21(3)11-13-9-14(19)6-8-17(13)25-4/h5-10,20H,11H2,1-4H3. The molecule has 0 saturated carbocycles. The second-order valence-electron chi connectivity index (χ2n) is 5.80. The van der Waals surface area contributed by atoms with Crippen molar-refractivity contribution in [1.29, 1.82) is 0 Å². The molecule has 26 heavy (non-hydrogen) atoms. The van der Waals surface area contributed by atoms with Crippen molar-refractivity contribution in [2.24, 2.45) is 0 Å². The van der Waals surface area contributed by atoms with E-state index in [1.807, 2.05) is 0 Å². The van der Waals surface area contributed by atoms with Gasteiger partial charge in [0.2, 0.25) is 10.0 Å². The van der Waals surface area contributed by atoms with Crippen LogP contribution >= 0.6 is 11.6 Å². The van der Waals surface area contributed by atoms with E-state index in [1.54, 1.807) is 45.3 Å². The van der Waals surface area contributed by atoms with Crippen LogP contribution in [0.2, 0.25) is 5.02 Å². The molecule has 2 rings (SSSR count). The predicted octanol–water partition coefficient (Wildman–Crippen LogP) is 2.84. The van der Waals surface area contributed by atoms with Gasteiger partial charge in [0, 0.05) is 29.7 Å². The van der Waals surface area contributed by atoms with Crippen LogP contribution in [-0.2, 0) is 16.6 Å². The summed E-state index contributed by atoms with van der Waals surface area (Å²) in [6.45, 7) is 2.03. The number of hydrogen-bond acceptors (Lipinski definition) is 4. The third-order valence-electron chi connectivity index (χ3n) is 4.02. The number of benzene rings is 2. The third kappa shape index (κ3) is 4.35. The fourth-order valence-electron chi connectivity index (χ4n) is 2.52. The number of rotatable bonds is 6. The van der Waals surface area contributed by atoms with Crippen molar-refractivity contribution < 1.29 is 17.9 Å². The highest BCUT2D eigenvalue weighted by molar-refractivity contribution is 7.89. The quantitative estimate of drug-likeness (QED) is 0.814. The van der Waals surface area contributed by atoms with Crippen molar-refractivity contribution >= 4 is 27.5 Å². The Balaban J connectivity index is 2.34. The van der Waals surface area contributed by atoms with E-state index < -0.39 is 10.0 Å². The zero-order valence-electron chi connectivity index (χ0n) is 15.0. The number of halogens is 1. The van der Waals surface area contributed by atoms with Gasteiger partial charge in [0.15, 0.2) is 0 Å². The Morgan fingerprint density at radius 3 is 2.54 bits per heavy atom. The second-order valence-corrected chi connectivity index (χ2v) is 8.12. The Morgan fingerprint density at radius 2 is 1.92 bits per heavy atom. The highest BCUT2D eigenvalue weighted by Crippen LogP contribution is 2.25. The Bertz CT molecular complexity index is 929. The average molecular weight is 397 g/mol. The van der Waals surface area contributed by atoms with Gasteiger partial charge < -0.3 is 9.64 Å². The summed E-state index contributed by atoms with van der Waals surface area (Å²) in [5.74, 6) is 0.329. The third-order valence-corrected chi connectivity index (χ3v) is 5.66. The monoisotopic (exact) mass is 396 g/mol.